The summed E-state index contributed by atoms with van der Waals surface area (Å²) < 4.78 is 159. The molecule has 0 atom stereocenters. The van der Waals surface area contributed by atoms with Gasteiger partial charge in [-0.05, 0) is 90.5 Å². The standard InChI is InChI=1S/C40H36F3NO10S5/c1-39(2)25(7-5-13-57(45,46)47)20-17-31-23(15-21(20)36-26(39)8-11-55-36)33(34-35(43)28(41)18-29(42)38(34)59(51,52)53)24-16-22-30(19-32(24)54-31)44(10-6-14-58(48,49)50)40(3,4)27-9-12-56-37(22)27/h8-9,11-12,15-19H,5-7,10,13-14H2,1-4H3,(H,45,46,47)(H,48,49,50)(H,51,52,53)/p-1. The number of hydrogen-bond acceptors (Lipinski definition) is 11. The van der Waals surface area contributed by atoms with Crippen LogP contribution >= 0.6 is 22.7 Å². The maximum atomic E-state index is 16.4. The van der Waals surface area contributed by atoms with Crippen molar-refractivity contribution in [2.45, 2.75) is 62.8 Å². The number of hydrogen-bond donors (Lipinski definition) is 2. The van der Waals surface area contributed by atoms with Gasteiger partial charge in [-0.25, -0.2) is 21.6 Å². The fourth-order valence-electron chi connectivity index (χ4n) is 8.77. The molecule has 0 saturated carbocycles. The second-order valence-corrected chi connectivity index (χ2v) is 22.0. The van der Waals surface area contributed by atoms with Crippen molar-refractivity contribution in [1.82, 2.24) is 0 Å². The van der Waals surface area contributed by atoms with Gasteiger partial charge in [-0.1, -0.05) is 19.4 Å². The average Bonchev–Trinajstić information content (AvgIpc) is 3.82. The predicted octanol–water partition coefficient (Wildman–Crippen LogP) is 7.26. The lowest BCUT2D eigenvalue weighted by Crippen LogP contribution is -2.45. The fourth-order valence-corrected chi connectivity index (χ4v) is 12.7. The molecule has 0 fully saturated rings. The van der Waals surface area contributed by atoms with E-state index < -0.39 is 80.7 Å². The lowest BCUT2D eigenvalue weighted by Gasteiger charge is -2.45. The van der Waals surface area contributed by atoms with E-state index >= 15 is 13.2 Å². The van der Waals surface area contributed by atoms with Gasteiger partial charge in [0.1, 0.15) is 32.3 Å². The molecule has 0 radical (unpaired) electrons. The summed E-state index contributed by atoms with van der Waals surface area (Å²) in [5.74, 6) is -6.40. The third-order valence-corrected chi connectivity index (χ3v) is 15.8. The quantitative estimate of drug-likeness (QED) is 0.104. The highest BCUT2D eigenvalue weighted by Gasteiger charge is 2.41. The lowest BCUT2D eigenvalue weighted by atomic mass is 9.71. The minimum atomic E-state index is -5.81. The molecule has 11 nitrogen and oxygen atoms in total. The number of nitrogens with zero attached hydrogens (tertiary/aromatic N) is 1. The van der Waals surface area contributed by atoms with Crippen LogP contribution in [0.2, 0.25) is 0 Å². The van der Waals surface area contributed by atoms with E-state index in [4.69, 9.17) is 4.74 Å². The Kier molecular flexibility index (Phi) is 9.87. The van der Waals surface area contributed by atoms with Gasteiger partial charge in [0.25, 0.3) is 20.2 Å². The van der Waals surface area contributed by atoms with Gasteiger partial charge in [-0.2, -0.15) is 16.8 Å². The molecule has 0 saturated heterocycles. The van der Waals surface area contributed by atoms with Gasteiger partial charge in [0, 0.05) is 72.6 Å². The number of thiophene rings is 2. The minimum absolute atomic E-state index is 0.00170. The molecule has 4 heterocycles. The van der Waals surface area contributed by atoms with E-state index in [-0.39, 0.29) is 59.7 Å². The van der Waals surface area contributed by atoms with Crippen LogP contribution in [-0.4, -0.2) is 57.0 Å². The molecule has 2 N–H and O–H groups in total. The highest BCUT2D eigenvalue weighted by molar-refractivity contribution is 7.86. The third kappa shape index (κ3) is 7.02. The predicted molar refractivity (Wildman–Crippen MR) is 218 cm³/mol. The summed E-state index contributed by atoms with van der Waals surface area (Å²) in [4.78, 5) is 1.81. The first-order valence-electron chi connectivity index (χ1n) is 18.2. The van der Waals surface area contributed by atoms with Gasteiger partial charge in [0.15, 0.2) is 11.6 Å². The molecule has 2 aliphatic heterocycles. The van der Waals surface area contributed by atoms with E-state index in [0.717, 1.165) is 26.5 Å². The van der Waals surface area contributed by atoms with E-state index in [9.17, 15) is 38.9 Å². The molecule has 5 aromatic rings. The number of fused-ring (bicyclic) bond motifs is 8. The van der Waals surface area contributed by atoms with Gasteiger partial charge in [-0.3, -0.25) is 9.11 Å². The van der Waals surface area contributed by atoms with Crippen LogP contribution in [0, 0.1) is 17.5 Å². The Balaban J connectivity index is 1.50. The first-order chi connectivity index (χ1) is 27.4. The second-order valence-electron chi connectivity index (χ2n) is 15.7. The zero-order valence-corrected chi connectivity index (χ0v) is 35.8. The molecule has 0 unspecified atom stereocenters. The van der Waals surface area contributed by atoms with E-state index in [1.807, 2.05) is 55.5 Å². The Morgan fingerprint density at radius 3 is 2.02 bits per heavy atom. The van der Waals surface area contributed by atoms with Crippen molar-refractivity contribution < 1.29 is 56.8 Å². The smallest absolute Gasteiger partial charge is 0.264 e. The zero-order valence-electron chi connectivity index (χ0n) is 31.7. The molecule has 8 rings (SSSR count). The van der Waals surface area contributed by atoms with E-state index in [1.165, 1.54) is 22.7 Å². The van der Waals surface area contributed by atoms with Crippen molar-refractivity contribution in [1.29, 1.82) is 0 Å². The molecular formula is C40H35F3NO10S5-. The Hall–Kier alpha value is -4.08. The van der Waals surface area contributed by atoms with Crippen LogP contribution in [0.4, 0.5) is 18.9 Å². The summed E-state index contributed by atoms with van der Waals surface area (Å²) in [6.07, 6.45) is 0.265. The lowest BCUT2D eigenvalue weighted by molar-refractivity contribution is 0.442. The fraction of sp³-hybridized carbons (Fsp3) is 0.300. The second kappa shape index (κ2) is 14.0. The Labute approximate surface area is 346 Å². The van der Waals surface area contributed by atoms with Crippen LogP contribution in [0.5, 0.6) is 11.5 Å². The van der Waals surface area contributed by atoms with Crippen LogP contribution in [0.3, 0.4) is 0 Å². The van der Waals surface area contributed by atoms with Gasteiger partial charge < -0.3 is 14.2 Å². The van der Waals surface area contributed by atoms with Gasteiger partial charge in [0.2, 0.25) is 0 Å². The topological polar surface area (TPSA) is 178 Å². The summed E-state index contributed by atoms with van der Waals surface area (Å²) in [6, 6.07) is 10.1. The number of anilines is 1. The van der Waals surface area contributed by atoms with Crippen LogP contribution in [-0.2, 0) is 41.3 Å². The van der Waals surface area contributed by atoms with Gasteiger partial charge >= 0.3 is 0 Å². The number of ether oxygens (including phenoxy) is 1. The third-order valence-electron chi connectivity index (χ3n) is 11.4. The summed E-state index contributed by atoms with van der Waals surface area (Å²) in [5, 5.41) is 4.30. The van der Waals surface area contributed by atoms with Crippen LogP contribution in [0.15, 0.2) is 58.1 Å². The molecule has 2 aromatic heterocycles. The maximum absolute atomic E-state index is 16.4. The Bertz CT molecular complexity index is 3120. The van der Waals surface area contributed by atoms with Gasteiger partial charge in [-0.15, -0.1) is 22.7 Å². The normalized spacial score (nSPS) is 16.4. The summed E-state index contributed by atoms with van der Waals surface area (Å²) in [5.41, 5.74) is 1.12. The van der Waals surface area contributed by atoms with E-state index in [0.29, 0.717) is 22.0 Å². The Morgan fingerprint density at radius 1 is 0.746 bits per heavy atom. The largest absolute Gasteiger partial charge is 0.744 e. The van der Waals surface area contributed by atoms with Crippen molar-refractivity contribution in [3.05, 3.63) is 103 Å². The van der Waals surface area contributed by atoms with Crippen molar-refractivity contribution in [3.63, 3.8) is 0 Å². The van der Waals surface area contributed by atoms with E-state index in [2.05, 4.69) is 0 Å². The molecular weight excluding hydrogens is 872 g/mol. The molecule has 0 spiro atoms. The molecule has 0 amide bonds. The molecule has 3 aliphatic rings. The SMILES string of the molecule is CC1(C)C(CCCS(=O)(=O)O)=c2cc3c(cc2-c2sccc21)=C(c1c(F)c(F)cc(F)c1S(=O)(=O)[O-])c1cc2c(cc1O3)N(CCCS(=O)(=O)O)C(C)(C)c1ccsc1-2. The molecule has 1 aliphatic carbocycles. The maximum Gasteiger partial charge on any atom is 0.264 e. The average molecular weight is 907 g/mol. The summed E-state index contributed by atoms with van der Waals surface area (Å²) in [6.45, 7) is 7.88. The highest BCUT2D eigenvalue weighted by Crippen LogP contribution is 2.54. The molecule has 19 heteroatoms. The van der Waals surface area contributed by atoms with Crippen LogP contribution < -0.4 is 20.1 Å². The highest BCUT2D eigenvalue weighted by atomic mass is 32.2. The van der Waals surface area contributed by atoms with Crippen molar-refractivity contribution >= 4 is 69.9 Å². The monoisotopic (exact) mass is 906 g/mol. The molecule has 59 heavy (non-hydrogen) atoms. The minimum Gasteiger partial charge on any atom is -0.744 e. The van der Waals surface area contributed by atoms with Crippen molar-refractivity contribution in [2.24, 2.45) is 0 Å². The number of benzene rings is 3. The van der Waals surface area contributed by atoms with Crippen LogP contribution in [0.1, 0.15) is 69.2 Å². The zero-order chi connectivity index (χ0) is 42.8. The van der Waals surface area contributed by atoms with Crippen molar-refractivity contribution in [3.8, 4) is 32.4 Å². The molecule has 0 bridgehead atoms. The van der Waals surface area contributed by atoms with Crippen molar-refractivity contribution in [2.75, 3.05) is 23.0 Å². The van der Waals surface area contributed by atoms with Crippen LogP contribution in [0.25, 0.3) is 32.0 Å². The number of rotatable bonds is 10. The summed E-state index contributed by atoms with van der Waals surface area (Å²) in [7, 11) is -14.4. The van der Waals surface area contributed by atoms with Gasteiger partial charge in [0.05, 0.1) is 17.0 Å². The number of halogens is 3. The summed E-state index contributed by atoms with van der Waals surface area (Å²) >= 11 is 2.73. The first-order valence-corrected chi connectivity index (χ1v) is 24.6. The molecule has 312 valence electrons. The van der Waals surface area contributed by atoms with E-state index in [1.54, 1.807) is 24.3 Å². The Morgan fingerprint density at radius 2 is 1.37 bits per heavy atom. The first kappa shape index (κ1) is 41.6. The molecule has 3 aromatic carbocycles.